The maximum atomic E-state index is 6.13. The molecule has 4 aromatic rings. The number of nitrogen functional groups attached to an aromatic ring is 1. The van der Waals surface area contributed by atoms with Crippen molar-refractivity contribution < 1.29 is 4.52 Å². The molecule has 0 aliphatic carbocycles. The van der Waals surface area contributed by atoms with Crippen LogP contribution in [0.1, 0.15) is 11.3 Å². The summed E-state index contributed by atoms with van der Waals surface area (Å²) in [4.78, 5) is 9.25. The fourth-order valence-corrected chi connectivity index (χ4v) is 2.71. The molecule has 3 heterocycles. The smallest absolute Gasteiger partial charge is 0.206 e. The number of benzene rings is 1. The van der Waals surface area contributed by atoms with Crippen LogP contribution in [0.4, 0.5) is 5.95 Å². The first kappa shape index (κ1) is 11.9. The van der Waals surface area contributed by atoms with Crippen molar-refractivity contribution >= 4 is 22.5 Å². The molecule has 21 heavy (non-hydrogen) atoms. The van der Waals surface area contributed by atoms with E-state index in [0.29, 0.717) is 5.95 Å². The minimum atomic E-state index is 0.430. The number of nitrogens with zero attached hydrogens (tertiary/aromatic N) is 4. The highest BCUT2D eigenvalue weighted by Gasteiger charge is 2.17. The number of hydrogen-bond donors (Lipinski definition) is 1. The lowest BCUT2D eigenvalue weighted by Gasteiger charge is -2.06. The number of nitrogens with two attached hydrogens (primary N) is 1. The lowest BCUT2D eigenvalue weighted by atomic mass is 10.1. The van der Waals surface area contributed by atoms with Gasteiger partial charge in [0.1, 0.15) is 11.9 Å². The van der Waals surface area contributed by atoms with Crippen LogP contribution in [0.2, 0.25) is 0 Å². The van der Waals surface area contributed by atoms with Gasteiger partial charge in [0, 0.05) is 5.39 Å². The molecular formula is C15H13N5O. The molecule has 2 N–H and O–H groups in total. The number of aromatic nitrogens is 4. The van der Waals surface area contributed by atoms with Crippen LogP contribution >= 0.6 is 0 Å². The van der Waals surface area contributed by atoms with Gasteiger partial charge in [-0.2, -0.15) is 0 Å². The molecule has 0 unspecified atom stereocenters. The number of rotatable bonds is 1. The zero-order valence-electron chi connectivity index (χ0n) is 11.7. The third-order valence-corrected chi connectivity index (χ3v) is 3.75. The molecule has 104 valence electrons. The first-order valence-corrected chi connectivity index (χ1v) is 6.60. The van der Waals surface area contributed by atoms with Crippen molar-refractivity contribution in [1.29, 1.82) is 0 Å². The first-order chi connectivity index (χ1) is 10.2. The van der Waals surface area contributed by atoms with Gasteiger partial charge in [-0.05, 0) is 25.5 Å². The number of para-hydroxylation sites is 1. The number of hydrogen-bond acceptors (Lipinski definition) is 5. The van der Waals surface area contributed by atoms with Crippen LogP contribution < -0.4 is 5.73 Å². The Hall–Kier alpha value is -2.89. The maximum absolute atomic E-state index is 6.13. The van der Waals surface area contributed by atoms with Crippen molar-refractivity contribution in [2.45, 2.75) is 13.8 Å². The molecule has 0 fully saturated rings. The van der Waals surface area contributed by atoms with Crippen LogP contribution in [0.5, 0.6) is 0 Å². The molecule has 4 rings (SSSR count). The topological polar surface area (TPSA) is 82.2 Å². The van der Waals surface area contributed by atoms with Gasteiger partial charge in [-0.1, -0.05) is 17.3 Å². The van der Waals surface area contributed by atoms with Gasteiger partial charge in [-0.15, -0.1) is 0 Å². The van der Waals surface area contributed by atoms with Gasteiger partial charge in [0.05, 0.1) is 28.7 Å². The number of imidazole rings is 1. The summed E-state index contributed by atoms with van der Waals surface area (Å²) in [6, 6.07) is 6.02. The Bertz CT molecular complexity index is 969. The Morgan fingerprint density at radius 2 is 2.05 bits per heavy atom. The van der Waals surface area contributed by atoms with Gasteiger partial charge in [-0.3, -0.25) is 4.40 Å². The van der Waals surface area contributed by atoms with Gasteiger partial charge in [0.15, 0.2) is 0 Å². The SMILES string of the molecule is Cc1cccc2c1nc(N)n1c(C)c(-c3cnoc3)nc21. The lowest BCUT2D eigenvalue weighted by Crippen LogP contribution is -2.03. The zero-order valence-corrected chi connectivity index (χ0v) is 11.7. The summed E-state index contributed by atoms with van der Waals surface area (Å²) in [6.07, 6.45) is 3.22. The molecular weight excluding hydrogens is 266 g/mol. The van der Waals surface area contributed by atoms with Crippen LogP contribution in [0.15, 0.2) is 35.2 Å². The van der Waals surface area contributed by atoms with Crippen molar-refractivity contribution in [3.8, 4) is 11.3 Å². The maximum Gasteiger partial charge on any atom is 0.206 e. The first-order valence-electron chi connectivity index (χ1n) is 6.60. The third kappa shape index (κ3) is 1.56. The Morgan fingerprint density at radius 3 is 2.81 bits per heavy atom. The second-order valence-electron chi connectivity index (χ2n) is 5.06. The molecule has 0 radical (unpaired) electrons. The molecule has 0 aliphatic heterocycles. The van der Waals surface area contributed by atoms with Gasteiger partial charge in [-0.25, -0.2) is 9.97 Å². The Kier molecular flexibility index (Phi) is 2.29. The van der Waals surface area contributed by atoms with Gasteiger partial charge < -0.3 is 10.3 Å². The molecule has 0 saturated heterocycles. The van der Waals surface area contributed by atoms with Gasteiger partial charge in [0.2, 0.25) is 5.95 Å². The van der Waals surface area contributed by atoms with Crippen molar-refractivity contribution in [2.24, 2.45) is 0 Å². The summed E-state index contributed by atoms with van der Waals surface area (Å²) >= 11 is 0. The van der Waals surface area contributed by atoms with E-state index in [4.69, 9.17) is 15.2 Å². The Labute approximate surface area is 120 Å². The second-order valence-corrected chi connectivity index (χ2v) is 5.06. The van der Waals surface area contributed by atoms with E-state index >= 15 is 0 Å². The largest absolute Gasteiger partial charge is 0.369 e. The summed E-state index contributed by atoms with van der Waals surface area (Å²) in [5.74, 6) is 0.430. The van der Waals surface area contributed by atoms with Crippen molar-refractivity contribution in [2.75, 3.05) is 5.73 Å². The van der Waals surface area contributed by atoms with E-state index in [2.05, 4.69) is 10.1 Å². The molecule has 6 nitrogen and oxygen atoms in total. The normalized spacial score (nSPS) is 11.5. The van der Waals surface area contributed by atoms with Crippen LogP contribution in [0.25, 0.3) is 27.8 Å². The van der Waals surface area contributed by atoms with Crippen molar-refractivity contribution in [3.63, 3.8) is 0 Å². The highest BCUT2D eigenvalue weighted by Crippen LogP contribution is 2.29. The summed E-state index contributed by atoms with van der Waals surface area (Å²) in [7, 11) is 0. The van der Waals surface area contributed by atoms with E-state index in [1.54, 1.807) is 12.5 Å². The van der Waals surface area contributed by atoms with Gasteiger partial charge in [0.25, 0.3) is 0 Å². The zero-order chi connectivity index (χ0) is 14.6. The fraction of sp³-hybridized carbons (Fsp3) is 0.133. The molecule has 0 spiro atoms. The Balaban J connectivity index is 2.19. The van der Waals surface area contributed by atoms with Gasteiger partial charge >= 0.3 is 0 Å². The minimum absolute atomic E-state index is 0.430. The standard InChI is InChI=1S/C15H13N5O/c1-8-4-3-5-11-12(8)19-15(16)20-9(2)13(18-14(11)20)10-6-17-21-7-10/h3-7H,1-2H3,(H2,16,19). The molecule has 1 aromatic carbocycles. The molecule has 0 aliphatic rings. The number of aryl methyl sites for hydroxylation is 2. The highest BCUT2D eigenvalue weighted by atomic mass is 16.5. The minimum Gasteiger partial charge on any atom is -0.369 e. The highest BCUT2D eigenvalue weighted by molar-refractivity contribution is 5.95. The molecule has 0 atom stereocenters. The summed E-state index contributed by atoms with van der Waals surface area (Å²) < 4.78 is 6.78. The van der Waals surface area contributed by atoms with E-state index in [1.807, 2.05) is 36.4 Å². The van der Waals surface area contributed by atoms with Crippen LogP contribution in [0.3, 0.4) is 0 Å². The molecule has 0 saturated carbocycles. The van der Waals surface area contributed by atoms with Crippen molar-refractivity contribution in [1.82, 2.24) is 19.5 Å². The number of fused-ring (bicyclic) bond motifs is 3. The van der Waals surface area contributed by atoms with Crippen molar-refractivity contribution in [3.05, 3.63) is 41.9 Å². The predicted molar refractivity (Wildman–Crippen MR) is 79.9 cm³/mol. The molecule has 6 heteroatoms. The second kappa shape index (κ2) is 4.05. The quantitative estimate of drug-likeness (QED) is 0.579. The Morgan fingerprint density at radius 1 is 1.19 bits per heavy atom. The summed E-state index contributed by atoms with van der Waals surface area (Å²) in [6.45, 7) is 3.98. The summed E-state index contributed by atoms with van der Waals surface area (Å²) in [5.41, 5.74) is 11.4. The van der Waals surface area contributed by atoms with E-state index in [1.165, 1.54) is 0 Å². The molecule has 0 bridgehead atoms. The average molecular weight is 279 g/mol. The van der Waals surface area contributed by atoms with E-state index in [0.717, 1.165) is 39.1 Å². The predicted octanol–water partition coefficient (Wildman–Crippen LogP) is 2.74. The van der Waals surface area contributed by atoms with Crippen LogP contribution in [0, 0.1) is 13.8 Å². The van der Waals surface area contributed by atoms with E-state index in [9.17, 15) is 0 Å². The lowest BCUT2D eigenvalue weighted by molar-refractivity contribution is 0.420. The number of anilines is 1. The van der Waals surface area contributed by atoms with Crippen LogP contribution in [-0.4, -0.2) is 19.5 Å². The molecule has 0 amide bonds. The average Bonchev–Trinajstić information content (AvgIpc) is 3.08. The van der Waals surface area contributed by atoms with Crippen LogP contribution in [-0.2, 0) is 0 Å². The van der Waals surface area contributed by atoms with E-state index in [-0.39, 0.29) is 0 Å². The fourth-order valence-electron chi connectivity index (χ4n) is 2.71. The monoisotopic (exact) mass is 279 g/mol. The van der Waals surface area contributed by atoms with E-state index < -0.39 is 0 Å². The molecule has 3 aromatic heterocycles. The summed E-state index contributed by atoms with van der Waals surface area (Å²) in [5, 5.41) is 4.72. The third-order valence-electron chi connectivity index (χ3n) is 3.75.